The average Bonchev–Trinajstić information content (AvgIpc) is 3.13. The Bertz CT molecular complexity index is 276. The summed E-state index contributed by atoms with van der Waals surface area (Å²) in [5.41, 5.74) is 0.438. The van der Waals surface area contributed by atoms with Crippen molar-refractivity contribution in [3.8, 4) is 0 Å². The van der Waals surface area contributed by atoms with Crippen molar-refractivity contribution in [3.05, 3.63) is 0 Å². The lowest BCUT2D eigenvalue weighted by molar-refractivity contribution is 0.0172. The smallest absolute Gasteiger partial charge is 0.0510 e. The van der Waals surface area contributed by atoms with Gasteiger partial charge in [0.25, 0.3) is 0 Å². The fourth-order valence-electron chi connectivity index (χ4n) is 4.91. The van der Waals surface area contributed by atoms with Gasteiger partial charge in [-0.1, -0.05) is 19.3 Å². The molecule has 3 fully saturated rings. The van der Waals surface area contributed by atoms with Gasteiger partial charge in [-0.05, 0) is 52.2 Å². The minimum absolute atomic E-state index is 0.438. The SMILES string of the molecule is CNC(C1CCOC1)C1(N2CCCCC2)CCCC1. The molecule has 1 N–H and O–H groups in total. The van der Waals surface area contributed by atoms with Crippen LogP contribution in [-0.4, -0.2) is 49.8 Å². The Balaban J connectivity index is 1.80. The summed E-state index contributed by atoms with van der Waals surface area (Å²) in [4.78, 5) is 2.85. The lowest BCUT2D eigenvalue weighted by atomic mass is 9.77. The molecular weight excluding hydrogens is 236 g/mol. The lowest BCUT2D eigenvalue weighted by Crippen LogP contribution is -2.63. The van der Waals surface area contributed by atoms with E-state index in [4.69, 9.17) is 4.74 Å². The highest BCUT2D eigenvalue weighted by Crippen LogP contribution is 2.43. The van der Waals surface area contributed by atoms with Gasteiger partial charge >= 0.3 is 0 Å². The molecule has 0 bridgehead atoms. The molecule has 0 radical (unpaired) electrons. The second-order valence-electron chi connectivity index (χ2n) is 6.75. The van der Waals surface area contributed by atoms with Crippen LogP contribution in [0.5, 0.6) is 0 Å². The van der Waals surface area contributed by atoms with Crippen LogP contribution in [0.1, 0.15) is 51.4 Å². The molecule has 0 aromatic carbocycles. The fourth-order valence-corrected chi connectivity index (χ4v) is 4.91. The van der Waals surface area contributed by atoms with Gasteiger partial charge in [0.05, 0.1) is 6.61 Å². The van der Waals surface area contributed by atoms with E-state index in [0.717, 1.165) is 19.1 Å². The van der Waals surface area contributed by atoms with Crippen LogP contribution >= 0.6 is 0 Å². The summed E-state index contributed by atoms with van der Waals surface area (Å²) in [5, 5.41) is 3.70. The number of rotatable bonds is 4. The molecule has 3 aliphatic rings. The number of nitrogens with one attached hydrogen (secondary N) is 1. The first-order valence-corrected chi connectivity index (χ1v) is 8.37. The van der Waals surface area contributed by atoms with Gasteiger partial charge in [0.1, 0.15) is 0 Å². The van der Waals surface area contributed by atoms with Crippen molar-refractivity contribution in [2.75, 3.05) is 33.4 Å². The number of nitrogens with zero attached hydrogens (tertiary/aromatic N) is 1. The Morgan fingerprint density at radius 3 is 2.42 bits per heavy atom. The summed E-state index contributed by atoms with van der Waals surface area (Å²) in [6.45, 7) is 4.59. The molecule has 110 valence electrons. The quantitative estimate of drug-likeness (QED) is 0.846. The minimum atomic E-state index is 0.438. The van der Waals surface area contributed by atoms with Crippen LogP contribution in [0.3, 0.4) is 0 Å². The van der Waals surface area contributed by atoms with Gasteiger partial charge < -0.3 is 10.1 Å². The molecule has 3 heteroatoms. The van der Waals surface area contributed by atoms with Gasteiger partial charge in [-0.25, -0.2) is 0 Å². The summed E-state index contributed by atoms with van der Waals surface area (Å²) >= 11 is 0. The van der Waals surface area contributed by atoms with Gasteiger partial charge in [-0.2, -0.15) is 0 Å². The predicted molar refractivity (Wildman–Crippen MR) is 78.4 cm³/mol. The zero-order valence-corrected chi connectivity index (χ0v) is 12.5. The van der Waals surface area contributed by atoms with E-state index in [1.807, 2.05) is 0 Å². The number of piperidine rings is 1. The predicted octanol–water partition coefficient (Wildman–Crippen LogP) is 2.41. The molecule has 0 aromatic rings. The van der Waals surface area contributed by atoms with Gasteiger partial charge in [0.2, 0.25) is 0 Å². The first kappa shape index (κ1) is 13.8. The molecule has 0 aromatic heterocycles. The maximum absolute atomic E-state index is 5.67. The Morgan fingerprint density at radius 1 is 1.11 bits per heavy atom. The zero-order chi connectivity index (χ0) is 13.1. The Labute approximate surface area is 118 Å². The summed E-state index contributed by atoms with van der Waals surface area (Å²) in [6.07, 6.45) is 11.1. The van der Waals surface area contributed by atoms with Gasteiger partial charge in [0, 0.05) is 24.1 Å². The third kappa shape index (κ3) is 2.57. The second-order valence-corrected chi connectivity index (χ2v) is 6.75. The second kappa shape index (κ2) is 6.11. The summed E-state index contributed by atoms with van der Waals surface area (Å²) in [7, 11) is 2.17. The molecule has 1 aliphatic carbocycles. The Hall–Kier alpha value is -0.120. The number of ether oxygens (including phenoxy) is 1. The van der Waals surface area contributed by atoms with Crippen LogP contribution in [0.25, 0.3) is 0 Å². The molecule has 2 heterocycles. The normalized spacial score (nSPS) is 33.6. The van der Waals surface area contributed by atoms with Crippen molar-refractivity contribution in [2.45, 2.75) is 62.9 Å². The maximum atomic E-state index is 5.67. The molecular formula is C16H30N2O. The van der Waals surface area contributed by atoms with E-state index >= 15 is 0 Å². The van der Waals surface area contributed by atoms with Crippen molar-refractivity contribution in [3.63, 3.8) is 0 Å². The van der Waals surface area contributed by atoms with Gasteiger partial charge in [0.15, 0.2) is 0 Å². The highest BCUT2D eigenvalue weighted by Gasteiger charge is 2.48. The van der Waals surface area contributed by atoms with E-state index in [0.29, 0.717) is 11.6 Å². The number of hydrogen-bond donors (Lipinski definition) is 1. The molecule has 0 spiro atoms. The third-order valence-corrected chi connectivity index (χ3v) is 5.78. The van der Waals surface area contributed by atoms with Crippen molar-refractivity contribution in [1.29, 1.82) is 0 Å². The van der Waals surface area contributed by atoms with E-state index in [1.54, 1.807) is 0 Å². The minimum Gasteiger partial charge on any atom is -0.381 e. The molecule has 1 saturated carbocycles. The summed E-state index contributed by atoms with van der Waals surface area (Å²) in [6, 6.07) is 0.635. The van der Waals surface area contributed by atoms with E-state index in [1.165, 1.54) is 64.5 Å². The Morgan fingerprint density at radius 2 is 1.84 bits per heavy atom. The summed E-state index contributed by atoms with van der Waals surface area (Å²) < 4.78 is 5.67. The average molecular weight is 266 g/mol. The van der Waals surface area contributed by atoms with Crippen molar-refractivity contribution >= 4 is 0 Å². The molecule has 2 saturated heterocycles. The summed E-state index contributed by atoms with van der Waals surface area (Å²) in [5.74, 6) is 0.727. The van der Waals surface area contributed by atoms with E-state index in [9.17, 15) is 0 Å². The van der Waals surface area contributed by atoms with E-state index in [-0.39, 0.29) is 0 Å². The fraction of sp³-hybridized carbons (Fsp3) is 1.00. The largest absolute Gasteiger partial charge is 0.381 e. The van der Waals surface area contributed by atoms with Crippen molar-refractivity contribution in [1.82, 2.24) is 10.2 Å². The standard InChI is InChI=1S/C16H30N2O/c1-17-15(14-7-12-19-13-14)16(8-3-4-9-16)18-10-5-2-6-11-18/h14-15,17H,2-13H2,1H3. The maximum Gasteiger partial charge on any atom is 0.0510 e. The van der Waals surface area contributed by atoms with Crippen molar-refractivity contribution in [2.24, 2.45) is 5.92 Å². The van der Waals surface area contributed by atoms with E-state index in [2.05, 4.69) is 17.3 Å². The monoisotopic (exact) mass is 266 g/mol. The van der Waals surface area contributed by atoms with Crippen LogP contribution in [0.4, 0.5) is 0 Å². The third-order valence-electron chi connectivity index (χ3n) is 5.78. The molecule has 3 rings (SSSR count). The Kier molecular flexibility index (Phi) is 4.45. The van der Waals surface area contributed by atoms with Gasteiger partial charge in [-0.3, -0.25) is 4.90 Å². The van der Waals surface area contributed by atoms with Crippen LogP contribution in [0.2, 0.25) is 0 Å². The first-order valence-electron chi connectivity index (χ1n) is 8.37. The van der Waals surface area contributed by atoms with Crippen molar-refractivity contribution < 1.29 is 4.74 Å². The highest BCUT2D eigenvalue weighted by atomic mass is 16.5. The van der Waals surface area contributed by atoms with Crippen LogP contribution < -0.4 is 5.32 Å². The molecule has 19 heavy (non-hydrogen) atoms. The highest BCUT2D eigenvalue weighted by molar-refractivity contribution is 5.06. The number of hydrogen-bond acceptors (Lipinski definition) is 3. The van der Waals surface area contributed by atoms with Crippen LogP contribution in [0.15, 0.2) is 0 Å². The zero-order valence-electron chi connectivity index (χ0n) is 12.5. The molecule has 2 aliphatic heterocycles. The molecule has 3 nitrogen and oxygen atoms in total. The molecule has 2 atom stereocenters. The lowest BCUT2D eigenvalue weighted by Gasteiger charge is -2.50. The first-order chi connectivity index (χ1) is 9.37. The van der Waals surface area contributed by atoms with Gasteiger partial charge in [-0.15, -0.1) is 0 Å². The van der Waals surface area contributed by atoms with Crippen LogP contribution in [-0.2, 0) is 4.74 Å². The van der Waals surface area contributed by atoms with E-state index < -0.39 is 0 Å². The molecule has 2 unspecified atom stereocenters. The number of likely N-dealkylation sites (N-methyl/N-ethyl adjacent to an activating group) is 1. The van der Waals surface area contributed by atoms with Crippen LogP contribution in [0, 0.1) is 5.92 Å². The number of likely N-dealkylation sites (tertiary alicyclic amines) is 1. The topological polar surface area (TPSA) is 24.5 Å². The molecule has 0 amide bonds.